The van der Waals surface area contributed by atoms with E-state index in [-0.39, 0.29) is 0 Å². The van der Waals surface area contributed by atoms with Gasteiger partial charge in [0.1, 0.15) is 0 Å². The second-order valence-corrected chi connectivity index (χ2v) is 5.71. The van der Waals surface area contributed by atoms with Crippen molar-refractivity contribution in [2.75, 3.05) is 0 Å². The number of nitrogens with one attached hydrogen (secondary N) is 1. The summed E-state index contributed by atoms with van der Waals surface area (Å²) < 4.78 is 1.92. The zero-order chi connectivity index (χ0) is 15.8. The molecule has 0 spiro atoms. The Morgan fingerprint density at radius 1 is 1.09 bits per heavy atom. The van der Waals surface area contributed by atoms with Gasteiger partial charge >= 0.3 is 0 Å². The molecule has 0 aliphatic carbocycles. The van der Waals surface area contributed by atoms with Crippen molar-refractivity contribution in [1.82, 2.24) is 14.8 Å². The van der Waals surface area contributed by atoms with Crippen LogP contribution in [0.25, 0.3) is 33.4 Å². The molecule has 0 fully saturated rings. The summed E-state index contributed by atoms with van der Waals surface area (Å²) in [6.45, 7) is 0.554. The number of hydrogen-bond acceptors (Lipinski definition) is 2. The largest absolute Gasteiger partial charge is 0.354 e. The molecule has 4 aromatic rings. The quantitative estimate of drug-likeness (QED) is 0.606. The molecule has 3 N–H and O–H groups in total. The van der Waals surface area contributed by atoms with E-state index in [0.717, 1.165) is 33.6 Å². The molecule has 4 rings (SSSR count). The van der Waals surface area contributed by atoms with Gasteiger partial charge in [-0.25, -0.2) is 0 Å². The maximum Gasteiger partial charge on any atom is 0.0772 e. The number of aryl methyl sites for hydroxylation is 1. The van der Waals surface area contributed by atoms with Gasteiger partial charge < -0.3 is 10.7 Å². The Balaban J connectivity index is 1.89. The van der Waals surface area contributed by atoms with Gasteiger partial charge in [-0.3, -0.25) is 4.68 Å². The van der Waals surface area contributed by atoms with E-state index in [2.05, 4.69) is 46.5 Å². The molecule has 0 saturated carbocycles. The van der Waals surface area contributed by atoms with Crippen molar-refractivity contribution < 1.29 is 0 Å². The highest BCUT2D eigenvalue weighted by Gasteiger charge is 2.14. The number of aromatic amines is 1. The third kappa shape index (κ3) is 2.33. The Kier molecular flexibility index (Phi) is 3.24. The van der Waals surface area contributed by atoms with Crippen LogP contribution < -0.4 is 5.73 Å². The van der Waals surface area contributed by atoms with E-state index < -0.39 is 0 Å². The van der Waals surface area contributed by atoms with E-state index in [9.17, 15) is 0 Å². The minimum Gasteiger partial charge on any atom is -0.354 e. The standard InChI is InChI=1S/C19H18N4/c1-23-19(14-5-3-2-4-6-14)16(12-21-23)18-10-15-9-13(11-20)7-8-17(15)22-18/h2-10,12,22H,11,20H2,1H3. The number of hydrogen-bond donors (Lipinski definition) is 2. The van der Waals surface area contributed by atoms with Gasteiger partial charge in [-0.1, -0.05) is 36.4 Å². The van der Waals surface area contributed by atoms with Crippen molar-refractivity contribution >= 4 is 10.9 Å². The number of nitrogens with zero attached hydrogens (tertiary/aromatic N) is 2. The molecular weight excluding hydrogens is 284 g/mol. The van der Waals surface area contributed by atoms with Crippen LogP contribution in [0.2, 0.25) is 0 Å². The van der Waals surface area contributed by atoms with E-state index in [0.29, 0.717) is 6.54 Å². The maximum absolute atomic E-state index is 5.74. The molecule has 114 valence electrons. The topological polar surface area (TPSA) is 59.6 Å². The number of fused-ring (bicyclic) bond motifs is 1. The van der Waals surface area contributed by atoms with Crippen LogP contribution in [0.15, 0.2) is 60.8 Å². The van der Waals surface area contributed by atoms with Crippen LogP contribution in [0, 0.1) is 0 Å². The first-order valence-electron chi connectivity index (χ1n) is 7.66. The lowest BCUT2D eigenvalue weighted by atomic mass is 10.1. The van der Waals surface area contributed by atoms with E-state index in [1.165, 1.54) is 5.39 Å². The summed E-state index contributed by atoms with van der Waals surface area (Å²) in [4.78, 5) is 3.49. The first-order chi connectivity index (χ1) is 11.3. The summed E-state index contributed by atoms with van der Waals surface area (Å²) in [6, 6.07) is 18.8. The molecule has 2 aromatic carbocycles. The van der Waals surface area contributed by atoms with E-state index in [1.54, 1.807) is 0 Å². The van der Waals surface area contributed by atoms with Crippen LogP contribution in [0.1, 0.15) is 5.56 Å². The predicted molar refractivity (Wildman–Crippen MR) is 93.8 cm³/mol. The molecule has 0 amide bonds. The van der Waals surface area contributed by atoms with Gasteiger partial charge in [0.2, 0.25) is 0 Å². The fourth-order valence-electron chi connectivity index (χ4n) is 3.03. The van der Waals surface area contributed by atoms with Gasteiger partial charge in [0.15, 0.2) is 0 Å². The lowest BCUT2D eigenvalue weighted by Crippen LogP contribution is -1.94. The molecule has 0 bridgehead atoms. The van der Waals surface area contributed by atoms with Gasteiger partial charge in [0, 0.05) is 35.6 Å². The SMILES string of the molecule is Cn1ncc(-c2cc3cc(CN)ccc3[nH]2)c1-c1ccccc1. The summed E-state index contributed by atoms with van der Waals surface area (Å²) in [5, 5.41) is 5.62. The molecule has 0 radical (unpaired) electrons. The number of benzene rings is 2. The van der Waals surface area contributed by atoms with E-state index in [1.807, 2.05) is 36.1 Å². The Labute approximate surface area is 134 Å². The highest BCUT2D eigenvalue weighted by Crippen LogP contribution is 2.33. The molecule has 2 heterocycles. The lowest BCUT2D eigenvalue weighted by molar-refractivity contribution is 0.776. The van der Waals surface area contributed by atoms with Gasteiger partial charge in [-0.05, 0) is 23.8 Å². The van der Waals surface area contributed by atoms with E-state index >= 15 is 0 Å². The molecule has 0 aliphatic rings. The molecule has 0 unspecified atom stereocenters. The highest BCUT2D eigenvalue weighted by atomic mass is 15.3. The lowest BCUT2D eigenvalue weighted by Gasteiger charge is -2.05. The van der Waals surface area contributed by atoms with Crippen LogP contribution in [0.5, 0.6) is 0 Å². The monoisotopic (exact) mass is 302 g/mol. The molecule has 4 heteroatoms. The fourth-order valence-corrected chi connectivity index (χ4v) is 3.03. The third-order valence-corrected chi connectivity index (χ3v) is 4.20. The van der Waals surface area contributed by atoms with Crippen molar-refractivity contribution in [3.05, 3.63) is 66.4 Å². The minimum atomic E-state index is 0.554. The van der Waals surface area contributed by atoms with Crippen LogP contribution in [-0.4, -0.2) is 14.8 Å². The van der Waals surface area contributed by atoms with Crippen molar-refractivity contribution in [1.29, 1.82) is 0 Å². The second-order valence-electron chi connectivity index (χ2n) is 5.71. The molecular formula is C19H18N4. The third-order valence-electron chi connectivity index (χ3n) is 4.20. The van der Waals surface area contributed by atoms with Crippen molar-refractivity contribution in [2.24, 2.45) is 12.8 Å². The van der Waals surface area contributed by atoms with Crippen LogP contribution >= 0.6 is 0 Å². The van der Waals surface area contributed by atoms with Crippen LogP contribution in [0.4, 0.5) is 0 Å². The van der Waals surface area contributed by atoms with Gasteiger partial charge in [-0.15, -0.1) is 0 Å². The summed E-state index contributed by atoms with van der Waals surface area (Å²) >= 11 is 0. The summed E-state index contributed by atoms with van der Waals surface area (Å²) in [7, 11) is 1.97. The van der Waals surface area contributed by atoms with Crippen LogP contribution in [0.3, 0.4) is 0 Å². The highest BCUT2D eigenvalue weighted by molar-refractivity contribution is 5.89. The number of rotatable bonds is 3. The Morgan fingerprint density at radius 2 is 1.91 bits per heavy atom. The van der Waals surface area contributed by atoms with Crippen molar-refractivity contribution in [3.8, 4) is 22.5 Å². The summed E-state index contributed by atoms with van der Waals surface area (Å²) in [5.74, 6) is 0. The van der Waals surface area contributed by atoms with E-state index in [4.69, 9.17) is 5.73 Å². The number of aromatic nitrogens is 3. The average molecular weight is 302 g/mol. The second kappa shape index (κ2) is 5.41. The Bertz CT molecular complexity index is 964. The fraction of sp³-hybridized carbons (Fsp3) is 0.105. The minimum absolute atomic E-state index is 0.554. The predicted octanol–water partition coefficient (Wildman–Crippen LogP) is 3.69. The van der Waals surface area contributed by atoms with Crippen molar-refractivity contribution in [3.63, 3.8) is 0 Å². The first kappa shape index (κ1) is 13.8. The Morgan fingerprint density at radius 3 is 2.70 bits per heavy atom. The maximum atomic E-state index is 5.74. The molecule has 4 nitrogen and oxygen atoms in total. The molecule has 23 heavy (non-hydrogen) atoms. The van der Waals surface area contributed by atoms with Crippen molar-refractivity contribution in [2.45, 2.75) is 6.54 Å². The smallest absolute Gasteiger partial charge is 0.0772 e. The van der Waals surface area contributed by atoms with Crippen LogP contribution in [-0.2, 0) is 13.6 Å². The van der Waals surface area contributed by atoms with Gasteiger partial charge in [0.05, 0.1) is 17.6 Å². The number of H-pyrrole nitrogens is 1. The average Bonchev–Trinajstić information content (AvgIpc) is 3.17. The first-order valence-corrected chi connectivity index (χ1v) is 7.66. The normalized spacial score (nSPS) is 11.2. The zero-order valence-electron chi connectivity index (χ0n) is 13.0. The van der Waals surface area contributed by atoms with Gasteiger partial charge in [0.25, 0.3) is 0 Å². The Hall–Kier alpha value is -2.85. The zero-order valence-corrected chi connectivity index (χ0v) is 13.0. The van der Waals surface area contributed by atoms with Gasteiger partial charge in [-0.2, -0.15) is 5.10 Å². The summed E-state index contributed by atoms with van der Waals surface area (Å²) in [5.41, 5.74) is 12.4. The molecule has 0 saturated heterocycles. The summed E-state index contributed by atoms with van der Waals surface area (Å²) in [6.07, 6.45) is 1.91. The molecule has 0 atom stereocenters. The molecule has 2 aromatic heterocycles. The molecule has 0 aliphatic heterocycles. The number of nitrogens with two attached hydrogens (primary N) is 1.